The topological polar surface area (TPSA) is 90.5 Å². The van der Waals surface area contributed by atoms with Gasteiger partial charge >= 0.3 is 17.8 Å². The summed E-state index contributed by atoms with van der Waals surface area (Å²) in [6.07, 6.45) is -5.28. The smallest absolute Gasteiger partial charge is 0.460 e. The van der Waals surface area contributed by atoms with Crippen molar-refractivity contribution in [2.24, 2.45) is 0 Å². The third-order valence-electron chi connectivity index (χ3n) is 3.78. The lowest BCUT2D eigenvalue weighted by atomic mass is 10.1. The molecule has 10 heteroatoms. The average Bonchev–Trinajstić information content (AvgIpc) is 3.05. The molecule has 0 aromatic heterocycles. The molecule has 1 amide bonds. The fourth-order valence-electron chi connectivity index (χ4n) is 2.38. The number of halogens is 3. The molecule has 0 saturated carbocycles. The minimum atomic E-state index is -5.07. The van der Waals surface area contributed by atoms with Crippen molar-refractivity contribution in [3.05, 3.63) is 23.8 Å². The number of fused-ring (bicyclic) bond motifs is 1. The standard InChI is InChI=1S/C16H19F3N2O5/c1-3-13(22)21-15(16(17,18)19,14(23)24-4-2)20-8-10-5-6-11-12(7-10)26-9-25-11/h5-7,20H,3-4,8-9H2,1-2H3,(H,21,22)/p+1/t15-/m1/s1. The highest BCUT2D eigenvalue weighted by Gasteiger charge is 2.67. The second-order valence-electron chi connectivity index (χ2n) is 5.52. The maximum atomic E-state index is 13.8. The number of nitrogens with two attached hydrogens (primary N) is 1. The van der Waals surface area contributed by atoms with Gasteiger partial charge in [-0.25, -0.2) is 4.79 Å². The van der Waals surface area contributed by atoms with Crippen molar-refractivity contribution in [3.63, 3.8) is 0 Å². The molecule has 1 aliphatic rings. The Hall–Kier alpha value is -2.49. The van der Waals surface area contributed by atoms with E-state index in [9.17, 15) is 22.8 Å². The summed E-state index contributed by atoms with van der Waals surface area (Å²) in [6, 6.07) is 4.64. The average molecular weight is 377 g/mol. The zero-order chi connectivity index (χ0) is 19.4. The molecule has 0 saturated heterocycles. The van der Waals surface area contributed by atoms with Gasteiger partial charge in [-0.2, -0.15) is 13.2 Å². The lowest BCUT2D eigenvalue weighted by Gasteiger charge is -2.31. The summed E-state index contributed by atoms with van der Waals surface area (Å²) < 4.78 is 56.3. The minimum Gasteiger partial charge on any atom is -0.460 e. The van der Waals surface area contributed by atoms with Gasteiger partial charge in [0, 0.05) is 12.0 Å². The number of hydrogen-bond acceptors (Lipinski definition) is 5. The Morgan fingerprint density at radius 2 is 1.92 bits per heavy atom. The molecule has 1 aromatic rings. The van der Waals surface area contributed by atoms with E-state index in [1.807, 2.05) is 0 Å². The SMILES string of the molecule is CCOC(=O)[C@](NC(=O)CC)([NH2+]Cc1ccc2c(c1)OCO2)C(F)(F)F. The van der Waals surface area contributed by atoms with Gasteiger partial charge in [-0.3, -0.25) is 10.1 Å². The Balaban J connectivity index is 2.29. The second kappa shape index (κ2) is 7.81. The van der Waals surface area contributed by atoms with E-state index in [4.69, 9.17) is 9.47 Å². The van der Waals surface area contributed by atoms with Crippen molar-refractivity contribution >= 4 is 11.9 Å². The van der Waals surface area contributed by atoms with Crippen LogP contribution in [0.5, 0.6) is 11.5 Å². The molecule has 0 aliphatic carbocycles. The number of benzene rings is 1. The van der Waals surface area contributed by atoms with Crippen LogP contribution in [0.3, 0.4) is 0 Å². The number of quaternary nitrogens is 1. The largest absolute Gasteiger partial charge is 0.478 e. The van der Waals surface area contributed by atoms with E-state index in [1.165, 1.54) is 19.9 Å². The van der Waals surface area contributed by atoms with E-state index in [0.717, 1.165) is 0 Å². The highest BCUT2D eigenvalue weighted by atomic mass is 19.4. The maximum Gasteiger partial charge on any atom is 0.478 e. The van der Waals surface area contributed by atoms with E-state index < -0.39 is 23.7 Å². The molecular formula is C16H20F3N2O5+. The number of carbonyl (C=O) groups is 2. The van der Waals surface area contributed by atoms with Crippen molar-refractivity contribution < 1.29 is 42.3 Å². The lowest BCUT2D eigenvalue weighted by Crippen LogP contribution is -3.06. The van der Waals surface area contributed by atoms with Crippen molar-refractivity contribution in [3.8, 4) is 11.5 Å². The highest BCUT2D eigenvalue weighted by molar-refractivity contribution is 5.87. The molecule has 3 N–H and O–H groups in total. The summed E-state index contributed by atoms with van der Waals surface area (Å²) in [6.45, 7) is 2.30. The molecule has 0 fully saturated rings. The van der Waals surface area contributed by atoms with Crippen LogP contribution in [0.4, 0.5) is 13.2 Å². The molecule has 7 nitrogen and oxygen atoms in total. The fourth-order valence-corrected chi connectivity index (χ4v) is 2.38. The Morgan fingerprint density at radius 1 is 1.23 bits per heavy atom. The van der Waals surface area contributed by atoms with Gasteiger partial charge in [0.15, 0.2) is 11.5 Å². The molecule has 144 valence electrons. The predicted octanol–water partition coefficient (Wildman–Crippen LogP) is 0.827. The molecule has 1 atom stereocenters. The van der Waals surface area contributed by atoms with Crippen LogP contribution in [0.1, 0.15) is 25.8 Å². The van der Waals surface area contributed by atoms with Crippen molar-refractivity contribution in [1.82, 2.24) is 5.32 Å². The first-order valence-electron chi connectivity index (χ1n) is 8.01. The number of ether oxygens (including phenoxy) is 3. The van der Waals surface area contributed by atoms with Crippen molar-refractivity contribution in [1.29, 1.82) is 0 Å². The number of esters is 1. The van der Waals surface area contributed by atoms with Gasteiger partial charge < -0.3 is 19.5 Å². The Kier molecular flexibility index (Phi) is 5.96. The van der Waals surface area contributed by atoms with Gasteiger partial charge in [0.25, 0.3) is 0 Å². The predicted molar refractivity (Wildman–Crippen MR) is 82.0 cm³/mol. The molecule has 1 heterocycles. The number of carbonyl (C=O) groups excluding carboxylic acids is 2. The van der Waals surface area contributed by atoms with E-state index in [-0.39, 0.29) is 26.4 Å². The monoisotopic (exact) mass is 377 g/mol. The van der Waals surface area contributed by atoms with Gasteiger partial charge in [-0.1, -0.05) is 6.92 Å². The molecule has 0 unspecified atom stereocenters. The molecule has 26 heavy (non-hydrogen) atoms. The van der Waals surface area contributed by atoms with Crippen LogP contribution in [-0.2, 0) is 20.9 Å². The first-order valence-corrected chi connectivity index (χ1v) is 8.01. The molecule has 1 aliphatic heterocycles. The van der Waals surface area contributed by atoms with Gasteiger partial charge in [0.05, 0.1) is 6.61 Å². The number of amides is 1. The van der Waals surface area contributed by atoms with Crippen LogP contribution in [-0.4, -0.2) is 37.1 Å². The van der Waals surface area contributed by atoms with Crippen LogP contribution >= 0.6 is 0 Å². The summed E-state index contributed by atoms with van der Waals surface area (Å²) in [4.78, 5) is 23.8. The third kappa shape index (κ3) is 4.01. The minimum absolute atomic E-state index is 0.0321. The first-order chi connectivity index (χ1) is 12.2. The molecule has 0 radical (unpaired) electrons. The van der Waals surface area contributed by atoms with Crippen LogP contribution in [0.15, 0.2) is 18.2 Å². The van der Waals surface area contributed by atoms with Gasteiger partial charge in [0.2, 0.25) is 12.7 Å². The van der Waals surface area contributed by atoms with E-state index in [2.05, 4.69) is 4.74 Å². The van der Waals surface area contributed by atoms with Crippen LogP contribution < -0.4 is 20.1 Å². The van der Waals surface area contributed by atoms with Crippen molar-refractivity contribution in [2.45, 2.75) is 38.7 Å². The zero-order valence-corrected chi connectivity index (χ0v) is 14.3. The lowest BCUT2D eigenvalue weighted by molar-refractivity contribution is -0.757. The first kappa shape index (κ1) is 19.8. The van der Waals surface area contributed by atoms with Gasteiger partial charge in [0.1, 0.15) is 6.54 Å². The summed E-state index contributed by atoms with van der Waals surface area (Å²) in [5, 5.41) is 2.48. The fraction of sp³-hybridized carbons (Fsp3) is 0.500. The maximum absolute atomic E-state index is 13.8. The summed E-state index contributed by atoms with van der Waals surface area (Å²) in [7, 11) is 0. The summed E-state index contributed by atoms with van der Waals surface area (Å²) >= 11 is 0. The van der Waals surface area contributed by atoms with E-state index in [1.54, 1.807) is 17.4 Å². The van der Waals surface area contributed by atoms with Gasteiger partial charge in [-0.15, -0.1) is 0 Å². The second-order valence-corrected chi connectivity index (χ2v) is 5.52. The summed E-state index contributed by atoms with van der Waals surface area (Å²) in [5.41, 5.74) is -2.77. The van der Waals surface area contributed by atoms with Crippen LogP contribution in [0, 0.1) is 0 Å². The highest BCUT2D eigenvalue weighted by Crippen LogP contribution is 2.32. The zero-order valence-electron chi connectivity index (χ0n) is 14.3. The Morgan fingerprint density at radius 3 is 2.54 bits per heavy atom. The number of nitrogens with one attached hydrogen (secondary N) is 1. The molecule has 0 bridgehead atoms. The Bertz CT molecular complexity index is 680. The normalized spacial score (nSPS) is 15.3. The Labute approximate surface area is 147 Å². The van der Waals surface area contributed by atoms with Crippen LogP contribution in [0.25, 0.3) is 0 Å². The molecular weight excluding hydrogens is 357 g/mol. The number of alkyl halides is 3. The third-order valence-corrected chi connectivity index (χ3v) is 3.78. The van der Waals surface area contributed by atoms with Gasteiger partial charge in [-0.05, 0) is 25.1 Å². The summed E-state index contributed by atoms with van der Waals surface area (Å²) in [5.74, 6) is -1.60. The number of rotatable bonds is 7. The van der Waals surface area contributed by atoms with Crippen LogP contribution in [0.2, 0.25) is 0 Å². The molecule has 0 spiro atoms. The number of hydrogen-bond donors (Lipinski definition) is 2. The van der Waals surface area contributed by atoms with E-state index in [0.29, 0.717) is 22.4 Å². The van der Waals surface area contributed by atoms with E-state index >= 15 is 0 Å². The molecule has 1 aromatic carbocycles. The molecule has 2 rings (SSSR count). The quantitative estimate of drug-likeness (QED) is 0.543. The van der Waals surface area contributed by atoms with Crippen molar-refractivity contribution in [2.75, 3.05) is 13.4 Å².